The van der Waals surface area contributed by atoms with Crippen LogP contribution in [0, 0.1) is 0 Å². The van der Waals surface area contributed by atoms with Gasteiger partial charge in [0.25, 0.3) is 0 Å². The highest BCUT2D eigenvalue weighted by Gasteiger charge is 2.17. The lowest BCUT2D eigenvalue weighted by Gasteiger charge is -2.14. The van der Waals surface area contributed by atoms with E-state index in [1.54, 1.807) is 18.2 Å². The summed E-state index contributed by atoms with van der Waals surface area (Å²) in [5.74, 6) is -0.443. The lowest BCUT2D eigenvalue weighted by molar-refractivity contribution is 0.0592. The van der Waals surface area contributed by atoms with Gasteiger partial charge in [0.1, 0.15) is 0 Å². The van der Waals surface area contributed by atoms with Crippen molar-refractivity contribution >= 4 is 40.6 Å². The number of carbonyl (C=O) groups excluding carboxylic acids is 1. The van der Waals surface area contributed by atoms with E-state index in [-0.39, 0.29) is 0 Å². The Balaban J connectivity index is 1.45. The van der Waals surface area contributed by atoms with Gasteiger partial charge in [-0.3, -0.25) is 0 Å². The molecular weight excluding hydrogens is 434 g/mol. The van der Waals surface area contributed by atoms with Crippen molar-refractivity contribution in [2.24, 2.45) is 0 Å². The van der Waals surface area contributed by atoms with E-state index in [1.165, 1.54) is 7.11 Å². The van der Waals surface area contributed by atoms with Gasteiger partial charge in [-0.05, 0) is 59.9 Å². The third-order valence-corrected chi connectivity index (χ3v) is 5.74. The summed E-state index contributed by atoms with van der Waals surface area (Å²) in [6.07, 6.45) is 4.40. The summed E-state index contributed by atoms with van der Waals surface area (Å²) < 4.78 is 4.83. The third-order valence-electron chi connectivity index (χ3n) is 5.50. The van der Waals surface area contributed by atoms with E-state index < -0.39 is 12.1 Å². The Labute approximate surface area is 198 Å². The van der Waals surface area contributed by atoms with Crippen LogP contribution in [0.1, 0.15) is 45.3 Å². The Kier molecular flexibility index (Phi) is 7.18. The number of aryl methyl sites for hydroxylation is 1. The molecule has 0 radical (unpaired) electrons. The molecule has 0 bridgehead atoms. The quantitative estimate of drug-likeness (QED) is 0.321. The van der Waals surface area contributed by atoms with Crippen molar-refractivity contribution < 1.29 is 14.6 Å². The van der Waals surface area contributed by atoms with E-state index in [0.29, 0.717) is 29.0 Å². The zero-order valence-corrected chi connectivity index (χ0v) is 19.0. The average molecular weight is 458 g/mol. The lowest BCUT2D eigenvalue weighted by atomic mass is 9.96. The molecule has 0 unspecified atom stereocenters. The first-order valence-electron chi connectivity index (χ1n) is 10.7. The van der Waals surface area contributed by atoms with Gasteiger partial charge in [-0.15, -0.1) is 0 Å². The first kappa shape index (κ1) is 22.7. The number of aromatic nitrogens is 1. The summed E-state index contributed by atoms with van der Waals surface area (Å²) in [4.78, 5) is 16.6. The molecular formula is C28H24ClNO3. The van der Waals surface area contributed by atoms with Crippen molar-refractivity contribution in [1.82, 2.24) is 4.98 Å². The topological polar surface area (TPSA) is 59.4 Å². The molecule has 4 aromatic rings. The van der Waals surface area contributed by atoms with Crippen LogP contribution in [0.25, 0.3) is 23.1 Å². The van der Waals surface area contributed by atoms with Crippen molar-refractivity contribution in [2.75, 3.05) is 7.11 Å². The number of benzene rings is 3. The fraction of sp³-hybridized carbons (Fsp3) is 0.143. The number of methoxy groups -OCH3 is 1. The minimum Gasteiger partial charge on any atom is -0.465 e. The summed E-state index contributed by atoms with van der Waals surface area (Å²) in [5.41, 5.74) is 4.84. The van der Waals surface area contributed by atoms with Gasteiger partial charge in [0.05, 0.1) is 30.0 Å². The molecule has 0 amide bonds. The number of hydrogen-bond donors (Lipinski definition) is 1. The molecule has 0 fully saturated rings. The zero-order valence-electron chi connectivity index (χ0n) is 18.2. The van der Waals surface area contributed by atoms with Crippen molar-refractivity contribution in [1.29, 1.82) is 0 Å². The molecule has 0 aliphatic carbocycles. The van der Waals surface area contributed by atoms with Crippen LogP contribution in [0.3, 0.4) is 0 Å². The van der Waals surface area contributed by atoms with Crippen molar-refractivity contribution in [3.63, 3.8) is 0 Å². The SMILES string of the molecule is COC(=O)c1ccccc1[C@@H](O)CCc1cccc(/C=C/c2ccc3ccc(Cl)cc3n2)c1. The van der Waals surface area contributed by atoms with Crippen LogP contribution in [-0.4, -0.2) is 23.2 Å². The summed E-state index contributed by atoms with van der Waals surface area (Å²) in [7, 11) is 1.34. The molecule has 1 heterocycles. The Bertz CT molecular complexity index is 1320. The average Bonchev–Trinajstić information content (AvgIpc) is 2.85. The van der Waals surface area contributed by atoms with Crippen LogP contribution in [0.5, 0.6) is 0 Å². The van der Waals surface area contributed by atoms with Gasteiger partial charge in [-0.25, -0.2) is 9.78 Å². The molecule has 0 spiro atoms. The number of halogens is 1. The first-order valence-corrected chi connectivity index (χ1v) is 11.1. The second kappa shape index (κ2) is 10.4. The number of carbonyl (C=O) groups is 1. The lowest BCUT2D eigenvalue weighted by Crippen LogP contribution is -2.09. The van der Waals surface area contributed by atoms with Crippen LogP contribution >= 0.6 is 11.6 Å². The minimum absolute atomic E-state index is 0.397. The summed E-state index contributed by atoms with van der Waals surface area (Å²) in [6, 6.07) is 24.8. The molecule has 33 heavy (non-hydrogen) atoms. The second-order valence-electron chi connectivity index (χ2n) is 7.78. The van der Waals surface area contributed by atoms with Crippen LogP contribution in [0.4, 0.5) is 0 Å². The molecule has 0 saturated carbocycles. The summed E-state index contributed by atoms with van der Waals surface area (Å²) in [5, 5.41) is 12.4. The fourth-order valence-electron chi connectivity index (χ4n) is 3.78. The van der Waals surface area contributed by atoms with E-state index >= 15 is 0 Å². The van der Waals surface area contributed by atoms with Crippen LogP contribution in [0.15, 0.2) is 78.9 Å². The number of fused-ring (bicyclic) bond motifs is 1. The Morgan fingerprint density at radius 2 is 1.85 bits per heavy atom. The Morgan fingerprint density at radius 1 is 1.03 bits per heavy atom. The normalized spacial score (nSPS) is 12.2. The molecule has 4 rings (SSSR count). The first-order chi connectivity index (χ1) is 16.0. The van der Waals surface area contributed by atoms with E-state index in [0.717, 1.165) is 27.7 Å². The van der Waals surface area contributed by atoms with E-state index in [9.17, 15) is 9.90 Å². The minimum atomic E-state index is -0.756. The monoisotopic (exact) mass is 457 g/mol. The van der Waals surface area contributed by atoms with Gasteiger partial charge in [0.15, 0.2) is 0 Å². The van der Waals surface area contributed by atoms with Gasteiger partial charge in [0.2, 0.25) is 0 Å². The van der Waals surface area contributed by atoms with Gasteiger partial charge in [-0.1, -0.05) is 72.3 Å². The van der Waals surface area contributed by atoms with E-state index in [1.807, 2.05) is 66.7 Å². The molecule has 0 aliphatic heterocycles. The number of nitrogens with zero attached hydrogens (tertiary/aromatic N) is 1. The second-order valence-corrected chi connectivity index (χ2v) is 8.22. The highest BCUT2D eigenvalue weighted by Crippen LogP contribution is 2.24. The van der Waals surface area contributed by atoms with Crippen LogP contribution in [-0.2, 0) is 11.2 Å². The molecule has 1 aromatic heterocycles. The molecule has 3 aromatic carbocycles. The molecule has 4 nitrogen and oxygen atoms in total. The third kappa shape index (κ3) is 5.67. The molecule has 1 N–H and O–H groups in total. The van der Waals surface area contributed by atoms with Gasteiger partial charge < -0.3 is 9.84 Å². The van der Waals surface area contributed by atoms with E-state index in [2.05, 4.69) is 11.1 Å². The van der Waals surface area contributed by atoms with Crippen molar-refractivity contribution in [3.8, 4) is 0 Å². The predicted octanol–water partition coefficient (Wildman–Crippen LogP) is 6.51. The Hall–Kier alpha value is -3.47. The molecule has 1 atom stereocenters. The summed E-state index contributed by atoms with van der Waals surface area (Å²) >= 11 is 6.09. The number of aliphatic hydroxyl groups is 1. The molecule has 166 valence electrons. The number of esters is 1. The van der Waals surface area contributed by atoms with E-state index in [4.69, 9.17) is 16.3 Å². The number of pyridine rings is 1. The maximum absolute atomic E-state index is 12.0. The van der Waals surface area contributed by atoms with Crippen molar-refractivity contribution in [3.05, 3.63) is 112 Å². The van der Waals surface area contributed by atoms with Crippen LogP contribution in [0.2, 0.25) is 5.02 Å². The molecule has 5 heteroatoms. The highest BCUT2D eigenvalue weighted by atomic mass is 35.5. The smallest absolute Gasteiger partial charge is 0.338 e. The van der Waals surface area contributed by atoms with Gasteiger partial charge in [0, 0.05) is 10.4 Å². The van der Waals surface area contributed by atoms with Crippen LogP contribution < -0.4 is 0 Å². The zero-order chi connectivity index (χ0) is 23.2. The standard InChI is InChI=1S/C28H24ClNO3/c1-33-28(32)25-8-3-2-7-24(25)27(31)16-10-20-6-4-5-19(17-20)9-14-23-15-12-21-11-13-22(29)18-26(21)30-23/h2-9,11-15,17-18,27,31H,10,16H2,1H3/b14-9+/t27-/m0/s1. The predicted molar refractivity (Wildman–Crippen MR) is 133 cm³/mol. The van der Waals surface area contributed by atoms with Crippen molar-refractivity contribution in [2.45, 2.75) is 18.9 Å². The maximum Gasteiger partial charge on any atom is 0.338 e. The number of ether oxygens (including phenoxy) is 1. The molecule has 0 saturated heterocycles. The maximum atomic E-state index is 12.0. The Morgan fingerprint density at radius 3 is 2.70 bits per heavy atom. The highest BCUT2D eigenvalue weighted by molar-refractivity contribution is 6.31. The summed E-state index contributed by atoms with van der Waals surface area (Å²) in [6.45, 7) is 0. The number of aliphatic hydroxyl groups excluding tert-OH is 1. The number of rotatable bonds is 7. The van der Waals surface area contributed by atoms with Gasteiger partial charge in [-0.2, -0.15) is 0 Å². The molecule has 0 aliphatic rings. The largest absolute Gasteiger partial charge is 0.465 e. The fourth-order valence-corrected chi connectivity index (χ4v) is 3.94. The van der Waals surface area contributed by atoms with Gasteiger partial charge >= 0.3 is 5.97 Å². The number of hydrogen-bond acceptors (Lipinski definition) is 4.